The Balaban J connectivity index is 1.75. The number of rotatable bonds is 6. The summed E-state index contributed by atoms with van der Waals surface area (Å²) >= 11 is 6.02. The van der Waals surface area contributed by atoms with Crippen LogP contribution in [0.15, 0.2) is 51.7 Å². The van der Waals surface area contributed by atoms with Gasteiger partial charge in [-0.15, -0.1) is 0 Å². The van der Waals surface area contributed by atoms with Crippen molar-refractivity contribution in [2.24, 2.45) is 0 Å². The molecule has 2 aromatic carbocycles. The van der Waals surface area contributed by atoms with Crippen molar-refractivity contribution in [3.05, 3.63) is 63.6 Å². The Bertz CT molecular complexity index is 883. The molecule has 6 heteroatoms. The second-order valence-corrected chi connectivity index (χ2v) is 6.08. The molecule has 0 aliphatic carbocycles. The molecule has 1 heterocycles. The quantitative estimate of drug-likeness (QED) is 0.682. The van der Waals surface area contributed by atoms with Crippen LogP contribution in [0.1, 0.15) is 12.5 Å². The standard InChI is InChI=1S/C18H19ClN2O3/c1-3-23-15-7-4-13(5-8-15)11-20(2)12-21-16-10-14(19)6-9-17(16)24-18(21)22/h4-10H,3,11-12H2,1-2H3. The van der Waals surface area contributed by atoms with Crippen LogP contribution in [0.3, 0.4) is 0 Å². The molecule has 5 nitrogen and oxygen atoms in total. The molecule has 0 unspecified atom stereocenters. The summed E-state index contributed by atoms with van der Waals surface area (Å²) in [5.74, 6) is 0.474. The third-order valence-electron chi connectivity index (χ3n) is 3.70. The second-order valence-electron chi connectivity index (χ2n) is 5.64. The minimum Gasteiger partial charge on any atom is -0.494 e. The molecule has 0 saturated carbocycles. The van der Waals surface area contributed by atoms with Gasteiger partial charge in [0, 0.05) is 11.6 Å². The Morgan fingerprint density at radius 2 is 1.96 bits per heavy atom. The molecule has 0 bridgehead atoms. The fourth-order valence-corrected chi connectivity index (χ4v) is 2.80. The molecule has 126 valence electrons. The highest BCUT2D eigenvalue weighted by Crippen LogP contribution is 2.19. The molecule has 0 atom stereocenters. The van der Waals surface area contributed by atoms with E-state index in [1.165, 1.54) is 0 Å². The Morgan fingerprint density at radius 3 is 2.67 bits per heavy atom. The van der Waals surface area contributed by atoms with Crippen molar-refractivity contribution < 1.29 is 9.15 Å². The van der Waals surface area contributed by atoms with E-state index in [1.54, 1.807) is 22.8 Å². The van der Waals surface area contributed by atoms with E-state index >= 15 is 0 Å². The number of oxazole rings is 1. The monoisotopic (exact) mass is 346 g/mol. The highest BCUT2D eigenvalue weighted by Gasteiger charge is 2.11. The Labute approximate surface area is 145 Å². The highest BCUT2D eigenvalue weighted by molar-refractivity contribution is 6.31. The van der Waals surface area contributed by atoms with Gasteiger partial charge >= 0.3 is 5.76 Å². The summed E-state index contributed by atoms with van der Waals surface area (Å²) < 4.78 is 12.3. The largest absolute Gasteiger partial charge is 0.494 e. The predicted molar refractivity (Wildman–Crippen MR) is 94.6 cm³/mol. The van der Waals surface area contributed by atoms with Crippen LogP contribution in [0, 0.1) is 0 Å². The van der Waals surface area contributed by atoms with Crippen LogP contribution < -0.4 is 10.5 Å². The summed E-state index contributed by atoms with van der Waals surface area (Å²) in [6.07, 6.45) is 0. The Kier molecular flexibility index (Phi) is 4.92. The first-order chi connectivity index (χ1) is 11.6. The topological polar surface area (TPSA) is 47.6 Å². The van der Waals surface area contributed by atoms with Gasteiger partial charge in [-0.05, 0) is 49.9 Å². The average Bonchev–Trinajstić information content (AvgIpc) is 2.85. The maximum Gasteiger partial charge on any atom is 0.421 e. The predicted octanol–water partition coefficient (Wildman–Crippen LogP) is 3.74. The molecule has 3 rings (SSSR count). The van der Waals surface area contributed by atoms with Crippen LogP contribution >= 0.6 is 11.6 Å². The second kappa shape index (κ2) is 7.11. The third kappa shape index (κ3) is 3.63. The van der Waals surface area contributed by atoms with Gasteiger partial charge in [0.2, 0.25) is 0 Å². The van der Waals surface area contributed by atoms with Gasteiger partial charge in [0.05, 0.1) is 18.8 Å². The summed E-state index contributed by atoms with van der Waals surface area (Å²) in [4.78, 5) is 14.1. The van der Waals surface area contributed by atoms with Crippen LogP contribution in [-0.4, -0.2) is 23.1 Å². The van der Waals surface area contributed by atoms with Crippen LogP contribution in [0.4, 0.5) is 0 Å². The number of fused-ring (bicyclic) bond motifs is 1. The molecular formula is C18H19ClN2O3. The summed E-state index contributed by atoms with van der Waals surface area (Å²) in [7, 11) is 1.95. The third-order valence-corrected chi connectivity index (χ3v) is 3.93. The molecule has 24 heavy (non-hydrogen) atoms. The zero-order valence-corrected chi connectivity index (χ0v) is 14.4. The van der Waals surface area contributed by atoms with E-state index in [2.05, 4.69) is 0 Å². The zero-order chi connectivity index (χ0) is 17.1. The van der Waals surface area contributed by atoms with Crippen molar-refractivity contribution in [2.75, 3.05) is 13.7 Å². The van der Waals surface area contributed by atoms with E-state index in [0.717, 1.165) is 11.3 Å². The summed E-state index contributed by atoms with van der Waals surface area (Å²) in [5.41, 5.74) is 2.38. The molecule has 0 N–H and O–H groups in total. The summed E-state index contributed by atoms with van der Waals surface area (Å²) in [5, 5.41) is 0.575. The van der Waals surface area contributed by atoms with Gasteiger partial charge in [0.1, 0.15) is 5.75 Å². The van der Waals surface area contributed by atoms with Gasteiger partial charge in [-0.2, -0.15) is 0 Å². The molecule has 1 aromatic heterocycles. The van der Waals surface area contributed by atoms with E-state index < -0.39 is 0 Å². The molecule has 0 aliphatic heterocycles. The van der Waals surface area contributed by atoms with Gasteiger partial charge in [-0.3, -0.25) is 9.47 Å². The van der Waals surface area contributed by atoms with E-state index in [9.17, 15) is 4.79 Å². The Morgan fingerprint density at radius 1 is 1.21 bits per heavy atom. The average molecular weight is 347 g/mol. The van der Waals surface area contributed by atoms with Gasteiger partial charge in [-0.25, -0.2) is 4.79 Å². The lowest BCUT2D eigenvalue weighted by atomic mass is 10.2. The van der Waals surface area contributed by atoms with E-state index in [4.69, 9.17) is 20.8 Å². The first-order valence-corrected chi connectivity index (χ1v) is 8.14. The number of aromatic nitrogens is 1. The van der Waals surface area contributed by atoms with Crippen LogP contribution in [0.25, 0.3) is 11.1 Å². The molecular weight excluding hydrogens is 328 g/mol. The molecule has 0 fully saturated rings. The van der Waals surface area contributed by atoms with Crippen molar-refractivity contribution in [2.45, 2.75) is 20.1 Å². The maximum absolute atomic E-state index is 12.1. The van der Waals surface area contributed by atoms with E-state index in [1.807, 2.05) is 43.1 Å². The summed E-state index contributed by atoms with van der Waals surface area (Å²) in [6, 6.07) is 13.1. The summed E-state index contributed by atoms with van der Waals surface area (Å²) in [6.45, 7) is 3.73. The number of ether oxygens (including phenoxy) is 1. The van der Waals surface area contributed by atoms with E-state index in [-0.39, 0.29) is 5.76 Å². The van der Waals surface area contributed by atoms with Gasteiger partial charge in [-0.1, -0.05) is 23.7 Å². The number of hydrogen-bond acceptors (Lipinski definition) is 4. The van der Waals surface area contributed by atoms with Gasteiger partial charge in [0.15, 0.2) is 5.58 Å². The molecule has 0 saturated heterocycles. The fraction of sp³-hybridized carbons (Fsp3) is 0.278. The SMILES string of the molecule is CCOc1ccc(CN(C)Cn2c(=O)oc3ccc(Cl)cc32)cc1. The minimum atomic E-state index is -0.384. The van der Waals surface area contributed by atoms with Crippen molar-refractivity contribution >= 4 is 22.7 Å². The molecule has 0 spiro atoms. The number of benzene rings is 2. The smallest absolute Gasteiger partial charge is 0.421 e. The van der Waals surface area contributed by atoms with Crippen molar-refractivity contribution in [1.82, 2.24) is 9.47 Å². The lowest BCUT2D eigenvalue weighted by Crippen LogP contribution is -2.27. The lowest BCUT2D eigenvalue weighted by molar-refractivity contribution is 0.253. The zero-order valence-electron chi connectivity index (χ0n) is 13.7. The van der Waals surface area contributed by atoms with Crippen molar-refractivity contribution in [1.29, 1.82) is 0 Å². The van der Waals surface area contributed by atoms with Crippen LogP contribution in [0.5, 0.6) is 5.75 Å². The van der Waals surface area contributed by atoms with Gasteiger partial charge < -0.3 is 9.15 Å². The maximum atomic E-state index is 12.1. The molecule has 3 aromatic rings. The molecule has 0 aliphatic rings. The Hall–Kier alpha value is -2.24. The molecule has 0 radical (unpaired) electrons. The first kappa shape index (κ1) is 16.6. The molecule has 0 amide bonds. The lowest BCUT2D eigenvalue weighted by Gasteiger charge is -2.17. The first-order valence-electron chi connectivity index (χ1n) is 7.76. The normalized spacial score (nSPS) is 11.3. The number of hydrogen-bond donors (Lipinski definition) is 0. The fourth-order valence-electron chi connectivity index (χ4n) is 2.63. The van der Waals surface area contributed by atoms with Crippen LogP contribution in [-0.2, 0) is 13.2 Å². The van der Waals surface area contributed by atoms with Crippen LogP contribution in [0.2, 0.25) is 5.02 Å². The highest BCUT2D eigenvalue weighted by atomic mass is 35.5. The van der Waals surface area contributed by atoms with E-state index in [0.29, 0.717) is 35.9 Å². The number of halogens is 1. The van der Waals surface area contributed by atoms with Gasteiger partial charge in [0.25, 0.3) is 0 Å². The minimum absolute atomic E-state index is 0.384. The van der Waals surface area contributed by atoms with Crippen molar-refractivity contribution in [3.63, 3.8) is 0 Å². The van der Waals surface area contributed by atoms with Crippen molar-refractivity contribution in [3.8, 4) is 5.75 Å². The number of nitrogens with zero attached hydrogens (tertiary/aromatic N) is 2.